The van der Waals surface area contributed by atoms with Gasteiger partial charge in [0.2, 0.25) is 0 Å². The molecule has 0 aliphatic heterocycles. The highest BCUT2D eigenvalue weighted by Crippen LogP contribution is 2.48. The molecule has 1 nitrogen and oxygen atoms in total. The van der Waals surface area contributed by atoms with Crippen LogP contribution in [-0.4, -0.2) is 5.78 Å². The predicted molar refractivity (Wildman–Crippen MR) is 57.4 cm³/mol. The number of Topliss-reactive ketones (excluding diaryl/α,β-unsaturated/α-hetero) is 1. The molecular formula is C13H16O. The molecule has 1 heteroatoms. The molecule has 1 aromatic carbocycles. The quantitative estimate of drug-likeness (QED) is 0.712. The number of rotatable bonds is 3. The molecule has 1 aliphatic carbocycles. The second-order valence-corrected chi connectivity index (χ2v) is 4.19. The Morgan fingerprint density at radius 2 is 1.86 bits per heavy atom. The SMILES string of the molecule is CCc1ccc(C2(C(C)=O)CC2)cc1. The Hall–Kier alpha value is -1.11. The molecule has 0 N–H and O–H groups in total. The first kappa shape index (κ1) is 9.45. The Balaban J connectivity index is 2.29. The van der Waals surface area contributed by atoms with E-state index in [1.165, 1.54) is 11.1 Å². The molecule has 0 aromatic heterocycles. The molecule has 74 valence electrons. The van der Waals surface area contributed by atoms with E-state index in [0.717, 1.165) is 19.3 Å². The van der Waals surface area contributed by atoms with Gasteiger partial charge in [-0.25, -0.2) is 0 Å². The van der Waals surface area contributed by atoms with Crippen molar-refractivity contribution in [2.75, 3.05) is 0 Å². The molecular weight excluding hydrogens is 172 g/mol. The van der Waals surface area contributed by atoms with Gasteiger partial charge in [-0.15, -0.1) is 0 Å². The summed E-state index contributed by atoms with van der Waals surface area (Å²) >= 11 is 0. The molecule has 0 heterocycles. The lowest BCUT2D eigenvalue weighted by Gasteiger charge is -2.11. The van der Waals surface area contributed by atoms with Crippen molar-refractivity contribution in [3.8, 4) is 0 Å². The van der Waals surface area contributed by atoms with E-state index < -0.39 is 0 Å². The third-order valence-corrected chi connectivity index (χ3v) is 3.34. The van der Waals surface area contributed by atoms with E-state index in [-0.39, 0.29) is 5.41 Å². The van der Waals surface area contributed by atoms with Crippen LogP contribution in [0.3, 0.4) is 0 Å². The summed E-state index contributed by atoms with van der Waals surface area (Å²) in [6.07, 6.45) is 3.13. The van der Waals surface area contributed by atoms with Crippen LogP contribution in [0.1, 0.15) is 37.8 Å². The van der Waals surface area contributed by atoms with Gasteiger partial charge in [-0.3, -0.25) is 4.79 Å². The number of ketones is 1. The minimum absolute atomic E-state index is 0.105. The molecule has 1 aliphatic rings. The van der Waals surface area contributed by atoms with Gasteiger partial charge in [-0.2, -0.15) is 0 Å². The Labute approximate surface area is 85.1 Å². The summed E-state index contributed by atoms with van der Waals surface area (Å²) in [5.41, 5.74) is 2.45. The number of carbonyl (C=O) groups excluding carboxylic acids is 1. The number of aryl methyl sites for hydroxylation is 1. The molecule has 0 radical (unpaired) electrons. The van der Waals surface area contributed by atoms with Crippen LogP contribution in [0.2, 0.25) is 0 Å². The van der Waals surface area contributed by atoms with Crippen molar-refractivity contribution in [3.63, 3.8) is 0 Å². The molecule has 1 saturated carbocycles. The zero-order valence-electron chi connectivity index (χ0n) is 8.84. The molecule has 0 amide bonds. The highest BCUT2D eigenvalue weighted by atomic mass is 16.1. The average Bonchev–Trinajstić information content (AvgIpc) is 2.99. The Kier molecular flexibility index (Phi) is 2.18. The highest BCUT2D eigenvalue weighted by Gasteiger charge is 2.48. The summed E-state index contributed by atoms with van der Waals surface area (Å²) in [6, 6.07) is 8.51. The van der Waals surface area contributed by atoms with Crippen LogP contribution in [-0.2, 0) is 16.6 Å². The normalized spacial score (nSPS) is 17.9. The second kappa shape index (κ2) is 3.23. The van der Waals surface area contributed by atoms with Gasteiger partial charge in [0.15, 0.2) is 0 Å². The molecule has 0 bridgehead atoms. The Morgan fingerprint density at radius 3 is 2.21 bits per heavy atom. The van der Waals surface area contributed by atoms with Crippen molar-refractivity contribution in [3.05, 3.63) is 35.4 Å². The van der Waals surface area contributed by atoms with Crippen molar-refractivity contribution in [2.24, 2.45) is 0 Å². The fraction of sp³-hybridized carbons (Fsp3) is 0.462. The van der Waals surface area contributed by atoms with Gasteiger partial charge in [0, 0.05) is 0 Å². The van der Waals surface area contributed by atoms with Crippen LogP contribution < -0.4 is 0 Å². The fourth-order valence-corrected chi connectivity index (χ4v) is 2.03. The van der Waals surface area contributed by atoms with E-state index in [2.05, 4.69) is 31.2 Å². The number of carbonyl (C=O) groups is 1. The lowest BCUT2D eigenvalue weighted by molar-refractivity contribution is -0.119. The topological polar surface area (TPSA) is 17.1 Å². The average molecular weight is 188 g/mol. The molecule has 1 fully saturated rings. The van der Waals surface area contributed by atoms with E-state index in [0.29, 0.717) is 5.78 Å². The van der Waals surface area contributed by atoms with E-state index in [1.807, 2.05) is 0 Å². The van der Waals surface area contributed by atoms with Gasteiger partial charge in [0.1, 0.15) is 5.78 Å². The first-order valence-electron chi connectivity index (χ1n) is 5.29. The fourth-order valence-electron chi connectivity index (χ4n) is 2.03. The molecule has 14 heavy (non-hydrogen) atoms. The first-order chi connectivity index (χ1) is 6.69. The van der Waals surface area contributed by atoms with E-state index >= 15 is 0 Å². The van der Waals surface area contributed by atoms with Gasteiger partial charge in [-0.1, -0.05) is 31.2 Å². The maximum absolute atomic E-state index is 11.5. The van der Waals surface area contributed by atoms with Crippen molar-refractivity contribution in [1.29, 1.82) is 0 Å². The monoisotopic (exact) mass is 188 g/mol. The third kappa shape index (κ3) is 1.37. The molecule has 0 saturated heterocycles. The number of hydrogen-bond acceptors (Lipinski definition) is 1. The Bertz CT molecular complexity index is 344. The van der Waals surface area contributed by atoms with E-state index in [9.17, 15) is 4.79 Å². The van der Waals surface area contributed by atoms with Crippen LogP contribution in [0.5, 0.6) is 0 Å². The lowest BCUT2D eigenvalue weighted by atomic mass is 9.91. The zero-order valence-corrected chi connectivity index (χ0v) is 8.84. The van der Waals surface area contributed by atoms with Gasteiger partial charge >= 0.3 is 0 Å². The molecule has 1 aromatic rings. The Morgan fingerprint density at radius 1 is 1.29 bits per heavy atom. The number of benzene rings is 1. The van der Waals surface area contributed by atoms with Crippen molar-refractivity contribution >= 4 is 5.78 Å². The summed E-state index contributed by atoms with van der Waals surface area (Å²) in [5, 5.41) is 0. The molecule has 0 spiro atoms. The summed E-state index contributed by atoms with van der Waals surface area (Å²) < 4.78 is 0. The largest absolute Gasteiger partial charge is 0.299 e. The van der Waals surface area contributed by atoms with Gasteiger partial charge < -0.3 is 0 Å². The predicted octanol–water partition coefficient (Wildman–Crippen LogP) is 2.87. The molecule has 2 rings (SSSR count). The number of hydrogen-bond donors (Lipinski definition) is 0. The van der Waals surface area contributed by atoms with E-state index in [4.69, 9.17) is 0 Å². The summed E-state index contributed by atoms with van der Waals surface area (Å²) in [4.78, 5) is 11.5. The lowest BCUT2D eigenvalue weighted by Crippen LogP contribution is -2.16. The minimum Gasteiger partial charge on any atom is -0.299 e. The van der Waals surface area contributed by atoms with Crippen LogP contribution in [0.25, 0.3) is 0 Å². The summed E-state index contributed by atoms with van der Waals surface area (Å²) in [6.45, 7) is 3.85. The van der Waals surface area contributed by atoms with E-state index in [1.54, 1.807) is 6.92 Å². The zero-order chi connectivity index (χ0) is 10.2. The van der Waals surface area contributed by atoms with Crippen LogP contribution in [0, 0.1) is 0 Å². The van der Waals surface area contributed by atoms with Crippen molar-refractivity contribution in [1.82, 2.24) is 0 Å². The smallest absolute Gasteiger partial charge is 0.140 e. The highest BCUT2D eigenvalue weighted by molar-refractivity contribution is 5.91. The van der Waals surface area contributed by atoms with Gasteiger partial charge in [0.25, 0.3) is 0 Å². The maximum atomic E-state index is 11.5. The molecule has 0 unspecified atom stereocenters. The summed E-state index contributed by atoms with van der Waals surface area (Å²) in [7, 11) is 0. The maximum Gasteiger partial charge on any atom is 0.140 e. The second-order valence-electron chi connectivity index (χ2n) is 4.19. The third-order valence-electron chi connectivity index (χ3n) is 3.34. The van der Waals surface area contributed by atoms with Crippen LogP contribution in [0.4, 0.5) is 0 Å². The minimum atomic E-state index is -0.105. The summed E-state index contributed by atoms with van der Waals surface area (Å²) in [5.74, 6) is 0.321. The standard InChI is InChI=1S/C13H16O/c1-3-11-4-6-12(7-5-11)13(8-9-13)10(2)14/h4-7H,3,8-9H2,1-2H3. The van der Waals surface area contributed by atoms with Crippen LogP contribution >= 0.6 is 0 Å². The van der Waals surface area contributed by atoms with Crippen molar-refractivity contribution < 1.29 is 4.79 Å². The molecule has 0 atom stereocenters. The first-order valence-corrected chi connectivity index (χ1v) is 5.29. The van der Waals surface area contributed by atoms with Crippen molar-refractivity contribution in [2.45, 2.75) is 38.5 Å². The van der Waals surface area contributed by atoms with Gasteiger partial charge in [0.05, 0.1) is 5.41 Å². The van der Waals surface area contributed by atoms with Crippen LogP contribution in [0.15, 0.2) is 24.3 Å². The van der Waals surface area contributed by atoms with Gasteiger partial charge in [-0.05, 0) is 37.3 Å².